The Kier molecular flexibility index (Phi) is 5.08. The van der Waals surface area contributed by atoms with Crippen LogP contribution in [-0.2, 0) is 16.1 Å². The summed E-state index contributed by atoms with van der Waals surface area (Å²) in [6.45, 7) is 4.82. The average molecular weight is 398 g/mol. The second kappa shape index (κ2) is 7.69. The predicted molar refractivity (Wildman–Crippen MR) is 107 cm³/mol. The molecule has 0 unspecified atom stereocenters. The Morgan fingerprint density at radius 1 is 1.14 bits per heavy atom. The molecule has 2 N–H and O–H groups in total. The quantitative estimate of drug-likeness (QED) is 0.460. The number of H-pyrrole nitrogens is 2. The molecule has 0 aliphatic rings. The van der Waals surface area contributed by atoms with E-state index in [1.54, 1.807) is 14.2 Å². The Morgan fingerprint density at radius 3 is 2.66 bits per heavy atom. The number of nitrogens with one attached hydrogen (secondary N) is 2. The second-order valence-electron chi connectivity index (χ2n) is 6.70. The Balaban J connectivity index is 1.84. The molecule has 29 heavy (non-hydrogen) atoms. The highest BCUT2D eigenvalue weighted by Gasteiger charge is 2.20. The number of benzene rings is 1. The molecule has 4 rings (SSSR count). The van der Waals surface area contributed by atoms with Crippen molar-refractivity contribution in [2.45, 2.75) is 20.5 Å². The van der Waals surface area contributed by atoms with E-state index >= 15 is 0 Å². The van der Waals surface area contributed by atoms with E-state index in [1.807, 2.05) is 26.0 Å². The molecular formula is C20H22N4O5. The Bertz CT molecular complexity index is 1220. The van der Waals surface area contributed by atoms with Gasteiger partial charge in [0, 0.05) is 23.6 Å². The zero-order valence-corrected chi connectivity index (χ0v) is 16.7. The van der Waals surface area contributed by atoms with Crippen LogP contribution in [0.2, 0.25) is 0 Å². The van der Waals surface area contributed by atoms with E-state index in [0.717, 1.165) is 27.7 Å². The maximum atomic E-state index is 12.7. The Hall–Kier alpha value is -3.17. The summed E-state index contributed by atoms with van der Waals surface area (Å²) >= 11 is 0. The van der Waals surface area contributed by atoms with E-state index in [2.05, 4.69) is 20.1 Å². The molecule has 0 aliphatic heterocycles. The van der Waals surface area contributed by atoms with Crippen LogP contribution < -0.4 is 10.3 Å². The van der Waals surface area contributed by atoms with Gasteiger partial charge in [-0.25, -0.2) is 4.98 Å². The molecule has 0 radical (unpaired) electrons. The summed E-state index contributed by atoms with van der Waals surface area (Å²) in [4.78, 5) is 23.2. The molecule has 0 amide bonds. The SMILES string of the molecule is COCCOCc1nc2[nH]c3cc(-c4c(C)noc4C)c(OC)cc3c2c(=O)[nH]1. The number of rotatable bonds is 7. The molecule has 0 aliphatic carbocycles. The second-order valence-corrected chi connectivity index (χ2v) is 6.70. The number of hydrogen-bond donors (Lipinski definition) is 2. The molecule has 0 bridgehead atoms. The fourth-order valence-corrected chi connectivity index (χ4v) is 3.49. The van der Waals surface area contributed by atoms with Crippen LogP contribution in [0.25, 0.3) is 33.1 Å². The smallest absolute Gasteiger partial charge is 0.261 e. The number of aromatic nitrogens is 4. The molecule has 0 fully saturated rings. The molecule has 9 heteroatoms. The van der Waals surface area contributed by atoms with Gasteiger partial charge in [0.15, 0.2) is 0 Å². The van der Waals surface area contributed by atoms with Crippen LogP contribution in [0.1, 0.15) is 17.3 Å². The Morgan fingerprint density at radius 2 is 1.97 bits per heavy atom. The highest BCUT2D eigenvalue weighted by molar-refractivity contribution is 6.07. The molecule has 0 spiro atoms. The van der Waals surface area contributed by atoms with Gasteiger partial charge in [-0.1, -0.05) is 5.16 Å². The van der Waals surface area contributed by atoms with Gasteiger partial charge >= 0.3 is 0 Å². The fraction of sp³-hybridized carbons (Fsp3) is 0.350. The first kappa shape index (κ1) is 19.2. The molecule has 0 saturated carbocycles. The molecule has 152 valence electrons. The number of fused-ring (bicyclic) bond motifs is 3. The van der Waals surface area contributed by atoms with Gasteiger partial charge < -0.3 is 28.7 Å². The van der Waals surface area contributed by atoms with Gasteiger partial charge in [0.1, 0.15) is 29.6 Å². The number of hydrogen-bond acceptors (Lipinski definition) is 7. The number of aromatic amines is 2. The van der Waals surface area contributed by atoms with Crippen molar-refractivity contribution in [1.29, 1.82) is 0 Å². The third kappa shape index (κ3) is 3.39. The van der Waals surface area contributed by atoms with Crippen molar-refractivity contribution in [3.05, 3.63) is 39.8 Å². The Labute approximate surface area is 166 Å². The summed E-state index contributed by atoms with van der Waals surface area (Å²) in [6.07, 6.45) is 0. The van der Waals surface area contributed by atoms with E-state index in [-0.39, 0.29) is 12.2 Å². The van der Waals surface area contributed by atoms with Crippen LogP contribution in [0.15, 0.2) is 21.5 Å². The summed E-state index contributed by atoms with van der Waals surface area (Å²) in [7, 11) is 3.20. The van der Waals surface area contributed by atoms with Gasteiger partial charge in [0.2, 0.25) is 0 Å². The fourth-order valence-electron chi connectivity index (χ4n) is 3.49. The number of nitrogens with zero attached hydrogens (tertiary/aromatic N) is 2. The standard InChI is InChI=1S/C20H22N4O5/c1-10-17(11(2)29-24-10)13-7-14-12(8-15(13)27-4)18-19(21-14)22-16(23-20(18)25)9-28-6-5-26-3/h7-8H,5-6,9H2,1-4H3,(H2,21,22,23,25). The molecule has 9 nitrogen and oxygen atoms in total. The van der Waals surface area contributed by atoms with E-state index in [4.69, 9.17) is 18.7 Å². The van der Waals surface area contributed by atoms with Crippen molar-refractivity contribution >= 4 is 21.9 Å². The molecule has 3 heterocycles. The number of aryl methyl sites for hydroxylation is 2. The highest BCUT2D eigenvalue weighted by atomic mass is 16.5. The van der Waals surface area contributed by atoms with Gasteiger partial charge in [-0.2, -0.15) is 0 Å². The normalized spacial score (nSPS) is 11.6. The zero-order chi connectivity index (χ0) is 20.5. The van der Waals surface area contributed by atoms with Gasteiger partial charge in [0.05, 0.1) is 37.0 Å². The van der Waals surface area contributed by atoms with Crippen LogP contribution in [-0.4, -0.2) is 47.5 Å². The summed E-state index contributed by atoms with van der Waals surface area (Å²) < 4.78 is 21.3. The third-order valence-corrected chi connectivity index (χ3v) is 4.80. The molecule has 0 saturated heterocycles. The van der Waals surface area contributed by atoms with Crippen molar-refractivity contribution in [2.75, 3.05) is 27.4 Å². The average Bonchev–Trinajstić information content (AvgIpc) is 3.23. The van der Waals surface area contributed by atoms with Crippen LogP contribution in [0.5, 0.6) is 5.75 Å². The minimum Gasteiger partial charge on any atom is -0.496 e. The van der Waals surface area contributed by atoms with Crippen molar-refractivity contribution in [2.24, 2.45) is 0 Å². The largest absolute Gasteiger partial charge is 0.496 e. The lowest BCUT2D eigenvalue weighted by molar-refractivity contribution is 0.0586. The molecule has 4 aromatic rings. The van der Waals surface area contributed by atoms with Gasteiger partial charge in [-0.3, -0.25) is 4.79 Å². The monoisotopic (exact) mass is 398 g/mol. The first-order valence-corrected chi connectivity index (χ1v) is 9.16. The summed E-state index contributed by atoms with van der Waals surface area (Å²) in [5.41, 5.74) is 3.50. The van der Waals surface area contributed by atoms with Gasteiger partial charge in [-0.15, -0.1) is 0 Å². The van der Waals surface area contributed by atoms with Gasteiger partial charge in [0.25, 0.3) is 5.56 Å². The maximum Gasteiger partial charge on any atom is 0.261 e. The lowest BCUT2D eigenvalue weighted by Gasteiger charge is -2.08. The van der Waals surface area contributed by atoms with Crippen LogP contribution in [0, 0.1) is 13.8 Å². The molecule has 1 aromatic carbocycles. The molecule has 3 aromatic heterocycles. The lowest BCUT2D eigenvalue weighted by Crippen LogP contribution is -2.13. The van der Waals surface area contributed by atoms with E-state index < -0.39 is 0 Å². The van der Waals surface area contributed by atoms with E-state index in [0.29, 0.717) is 41.6 Å². The first-order valence-electron chi connectivity index (χ1n) is 9.16. The number of methoxy groups -OCH3 is 2. The van der Waals surface area contributed by atoms with Crippen molar-refractivity contribution in [3.8, 4) is 16.9 Å². The third-order valence-electron chi connectivity index (χ3n) is 4.80. The summed E-state index contributed by atoms with van der Waals surface area (Å²) in [5.74, 6) is 1.77. The molecular weight excluding hydrogens is 376 g/mol. The summed E-state index contributed by atoms with van der Waals surface area (Å²) in [5, 5.41) is 5.23. The van der Waals surface area contributed by atoms with Gasteiger partial charge in [-0.05, 0) is 26.0 Å². The van der Waals surface area contributed by atoms with Crippen molar-refractivity contribution < 1.29 is 18.7 Å². The van der Waals surface area contributed by atoms with Crippen LogP contribution >= 0.6 is 0 Å². The summed E-state index contributed by atoms with van der Waals surface area (Å²) in [6, 6.07) is 3.76. The topological polar surface area (TPSA) is 115 Å². The van der Waals surface area contributed by atoms with Crippen molar-refractivity contribution in [3.63, 3.8) is 0 Å². The lowest BCUT2D eigenvalue weighted by atomic mass is 10.0. The van der Waals surface area contributed by atoms with Crippen LogP contribution in [0.3, 0.4) is 0 Å². The van der Waals surface area contributed by atoms with E-state index in [9.17, 15) is 4.79 Å². The first-order chi connectivity index (χ1) is 14.0. The molecule has 0 atom stereocenters. The minimum absolute atomic E-state index is 0.192. The van der Waals surface area contributed by atoms with Crippen LogP contribution in [0.4, 0.5) is 0 Å². The predicted octanol–water partition coefficient (Wildman–Crippen LogP) is 2.85. The van der Waals surface area contributed by atoms with Crippen molar-refractivity contribution in [1.82, 2.24) is 20.1 Å². The highest BCUT2D eigenvalue weighted by Crippen LogP contribution is 2.38. The maximum absolute atomic E-state index is 12.7. The van der Waals surface area contributed by atoms with E-state index in [1.165, 1.54) is 0 Å². The minimum atomic E-state index is -0.237. The zero-order valence-electron chi connectivity index (χ0n) is 16.7. The number of ether oxygens (including phenoxy) is 3.